The van der Waals surface area contributed by atoms with E-state index in [1.54, 1.807) is 0 Å². The molecule has 0 aliphatic heterocycles. The van der Waals surface area contributed by atoms with E-state index >= 15 is 0 Å². The summed E-state index contributed by atoms with van der Waals surface area (Å²) < 4.78 is 136. The minimum absolute atomic E-state index is 0. The quantitative estimate of drug-likeness (QED) is 0.0713. The molecular weight excluding hydrogens is 1060 g/mol. The zero-order valence-electron chi connectivity index (χ0n) is 34.0. The van der Waals surface area contributed by atoms with Crippen molar-refractivity contribution in [1.82, 2.24) is 29.7 Å². The van der Waals surface area contributed by atoms with Crippen LogP contribution in [0.5, 0.6) is 0 Å². The van der Waals surface area contributed by atoms with Crippen molar-refractivity contribution in [2.75, 3.05) is 41.5 Å². The van der Waals surface area contributed by atoms with Gasteiger partial charge in [0.15, 0.2) is 0 Å². The molecule has 4 aromatic heterocycles. The van der Waals surface area contributed by atoms with Gasteiger partial charge in [0.2, 0.25) is 0 Å². The average Bonchev–Trinajstić information content (AvgIpc) is 3.19. The van der Waals surface area contributed by atoms with Gasteiger partial charge >= 0.3 is 34.1 Å². The summed E-state index contributed by atoms with van der Waals surface area (Å²) in [6.45, 7) is 5.28. The van der Waals surface area contributed by atoms with Gasteiger partial charge in [-0.05, 0) is 74.5 Å². The smallest absolute Gasteiger partial charge is 0.400 e. The molecule has 0 fully saturated rings. The second-order valence-electron chi connectivity index (χ2n) is 9.92. The molecule has 0 aliphatic carbocycles. The number of aromatic nitrogens is 4. The Morgan fingerprint density at radius 3 is 0.625 bits per heavy atom. The van der Waals surface area contributed by atoms with Crippen LogP contribution >= 0.6 is 0 Å². The van der Waals surface area contributed by atoms with Gasteiger partial charge in [0, 0.05) is 79.4 Å². The predicted molar refractivity (Wildman–Crippen MR) is 167 cm³/mol. The normalized spacial score (nSPS) is 10.1. The van der Waals surface area contributed by atoms with E-state index in [0.29, 0.717) is 0 Å². The third kappa shape index (κ3) is 74.3. The van der Waals surface area contributed by atoms with E-state index in [1.165, 1.54) is 0 Å². The molecule has 0 saturated carbocycles. The van der Waals surface area contributed by atoms with Crippen LogP contribution in [-0.2, 0) is 60.3 Å². The topological polar surface area (TPSA) is 508 Å². The first-order valence-corrected chi connectivity index (χ1v) is 21.1. The average molecular weight is 1110 g/mol. The van der Waals surface area contributed by atoms with E-state index < -0.39 is 41.0 Å². The maximum atomic E-state index is 8.49. The summed E-state index contributed by atoms with van der Waals surface area (Å²) in [5.41, 5.74) is 4.35. The molecule has 4 N–H and O–H groups in total. The molecule has 0 aromatic carbocycles. The van der Waals surface area contributed by atoms with E-state index in [9.17, 15) is 0 Å². The summed E-state index contributed by atoms with van der Waals surface area (Å²) in [6, 6.07) is 24.4. The SMILES string of the molecule is CO.CO.CO.CO.[Cu+2].[Cu+2].[O-][Cl+3]([O-])([O-])[O-].[O-][Cl+3]([O-])([O-])[O-].[O-][Cl+3]([O-])([O-])[O-].[O-][Cl+3]([O-])([O-])[O-].c1ccc(CN(CCCCN(Cc2ccccn2)Cc2ccccn2)Cc2ccccn2)nc1. The molecule has 0 saturated heterocycles. The zero-order chi connectivity index (χ0) is 49.3. The molecule has 0 bridgehead atoms. The molecular formula is C32H48Cl4Cu2N6O20. The maximum absolute atomic E-state index is 8.49. The van der Waals surface area contributed by atoms with Crippen LogP contribution in [-0.4, -0.2) is 91.7 Å². The van der Waals surface area contributed by atoms with Crippen molar-refractivity contribution in [1.29, 1.82) is 0 Å². The fourth-order valence-electron chi connectivity index (χ4n) is 3.98. The van der Waals surface area contributed by atoms with Crippen LogP contribution in [0.25, 0.3) is 0 Å². The van der Waals surface area contributed by atoms with Crippen molar-refractivity contribution >= 4 is 0 Å². The Balaban J connectivity index is -0.000000179. The number of aliphatic hydroxyl groups excluding tert-OH is 4. The maximum Gasteiger partial charge on any atom is 2.00 e. The molecule has 0 amide bonds. The summed E-state index contributed by atoms with van der Waals surface area (Å²) in [5, 5.41) is 28.0. The largest absolute Gasteiger partial charge is 2.00 e. The number of hydrogen-bond acceptors (Lipinski definition) is 26. The van der Waals surface area contributed by atoms with Crippen molar-refractivity contribution in [3.05, 3.63) is 120 Å². The minimum atomic E-state index is -4.94. The molecule has 32 heteroatoms. The Bertz CT molecular complexity index is 1260. The Morgan fingerprint density at radius 2 is 0.500 bits per heavy atom. The Morgan fingerprint density at radius 1 is 0.344 bits per heavy atom. The van der Waals surface area contributed by atoms with Crippen LogP contribution in [0.1, 0.15) is 35.6 Å². The second kappa shape index (κ2) is 47.4. The van der Waals surface area contributed by atoms with Crippen LogP contribution in [0.15, 0.2) is 97.6 Å². The molecule has 4 aromatic rings. The summed E-state index contributed by atoms with van der Waals surface area (Å²) >= 11 is 0. The van der Waals surface area contributed by atoms with Gasteiger partial charge < -0.3 is 20.4 Å². The number of hydrogen-bond donors (Lipinski definition) is 4. The van der Waals surface area contributed by atoms with Crippen molar-refractivity contribution in [2.45, 2.75) is 39.0 Å². The van der Waals surface area contributed by atoms with E-state index in [-0.39, 0.29) is 34.1 Å². The third-order valence-electron chi connectivity index (χ3n) is 5.65. The number of nitrogens with zero attached hydrogens (tertiary/aromatic N) is 6. The van der Waals surface area contributed by atoms with Crippen LogP contribution in [0.3, 0.4) is 0 Å². The molecule has 26 nitrogen and oxygen atoms in total. The van der Waals surface area contributed by atoms with Gasteiger partial charge in [-0.2, -0.15) is 0 Å². The second-order valence-corrected chi connectivity index (χ2v) is 12.9. The fourth-order valence-corrected chi connectivity index (χ4v) is 3.98. The fraction of sp³-hybridized carbons (Fsp3) is 0.375. The zero-order valence-corrected chi connectivity index (χ0v) is 38.9. The molecule has 64 heavy (non-hydrogen) atoms. The van der Waals surface area contributed by atoms with Crippen molar-refractivity contribution in [2.24, 2.45) is 0 Å². The van der Waals surface area contributed by atoms with Gasteiger partial charge in [0.05, 0.1) is 22.8 Å². The minimum Gasteiger partial charge on any atom is -0.400 e. The standard InChI is InChI=1S/C28H32N6.4CH4O.4ClHO4.2Cu/c1-5-15-29-25(11-1)21-33(22-26-12-2-6-16-30-26)19-9-10-20-34(23-27-13-3-7-17-31-27)24-28-14-4-8-18-32-28;4*1-2;4*2-1(3,4)5;;/h1-8,11-18H,9-10,19-24H2;4*2H,1H3;4*(H,2,3,4,5);;/q;;;;;;;;;2*+2/p-4. The number of halogens is 4. The van der Waals surface area contributed by atoms with Gasteiger partial charge in [-0.25, -0.2) is 74.5 Å². The van der Waals surface area contributed by atoms with Crippen molar-refractivity contribution < 1.29 is 170 Å². The van der Waals surface area contributed by atoms with Crippen LogP contribution < -0.4 is 74.5 Å². The van der Waals surface area contributed by atoms with Crippen molar-refractivity contribution in [3.63, 3.8) is 0 Å². The van der Waals surface area contributed by atoms with Gasteiger partial charge in [-0.15, -0.1) is 41.0 Å². The van der Waals surface area contributed by atoms with Gasteiger partial charge in [-0.3, -0.25) is 29.7 Å². The van der Waals surface area contributed by atoms with E-state index in [4.69, 9.17) is 95.0 Å². The Kier molecular flexibility index (Phi) is 56.4. The molecule has 2 radical (unpaired) electrons. The van der Waals surface area contributed by atoms with Crippen molar-refractivity contribution in [3.8, 4) is 0 Å². The van der Waals surface area contributed by atoms with E-state index in [0.717, 1.165) is 103 Å². The first-order valence-electron chi connectivity index (χ1n) is 16.2. The molecule has 4 rings (SSSR count). The molecule has 0 aliphatic rings. The monoisotopic (exact) mass is 1100 g/mol. The predicted octanol–water partition coefficient (Wildman–Crippen LogP) is -15.8. The molecule has 4 heterocycles. The number of pyridine rings is 4. The van der Waals surface area contributed by atoms with Crippen LogP contribution in [0, 0.1) is 41.0 Å². The summed E-state index contributed by atoms with van der Waals surface area (Å²) in [5.74, 6) is 0. The van der Waals surface area contributed by atoms with Gasteiger partial charge in [-0.1, -0.05) is 24.3 Å². The number of aliphatic hydroxyl groups is 4. The molecule has 0 unspecified atom stereocenters. The van der Waals surface area contributed by atoms with Gasteiger partial charge in [0.1, 0.15) is 0 Å². The first-order chi connectivity index (χ1) is 28.8. The summed E-state index contributed by atoms with van der Waals surface area (Å²) in [6.07, 6.45) is 9.65. The summed E-state index contributed by atoms with van der Waals surface area (Å²) in [4.78, 5) is 23.0. The Hall–Kier alpha value is -2.08. The number of rotatable bonds is 13. The molecule has 0 spiro atoms. The molecule has 376 valence electrons. The van der Waals surface area contributed by atoms with E-state index in [2.05, 4.69) is 54.0 Å². The third-order valence-corrected chi connectivity index (χ3v) is 5.65. The van der Waals surface area contributed by atoms with Gasteiger partial charge in [0.25, 0.3) is 0 Å². The first kappa shape index (κ1) is 76.2. The summed E-state index contributed by atoms with van der Waals surface area (Å²) in [7, 11) is -15.8. The van der Waals surface area contributed by atoms with Crippen LogP contribution in [0.4, 0.5) is 0 Å². The van der Waals surface area contributed by atoms with Crippen LogP contribution in [0.2, 0.25) is 0 Å². The Labute approximate surface area is 398 Å². The number of unbranched alkanes of at least 4 members (excludes halogenated alkanes) is 1. The molecule has 0 atom stereocenters. The van der Waals surface area contributed by atoms with E-state index in [1.807, 2.05) is 73.3 Å².